The van der Waals surface area contributed by atoms with Gasteiger partial charge in [0.15, 0.2) is 0 Å². The van der Waals surface area contributed by atoms with Crippen LogP contribution in [0.25, 0.3) is 54.5 Å². The molecule has 16 rings (SSSR count). The summed E-state index contributed by atoms with van der Waals surface area (Å²) in [4.78, 5) is 2.76. The second-order valence-electron chi connectivity index (χ2n) is 26.5. The average Bonchev–Trinajstić information content (AvgIpc) is 3.96. The van der Waals surface area contributed by atoms with Gasteiger partial charge in [-0.15, -0.1) is 0 Å². The second-order valence-corrected chi connectivity index (χ2v) is 26.5. The van der Waals surface area contributed by atoms with Crippen LogP contribution in [0.4, 0.5) is 17.1 Å². The molecule has 6 aliphatic carbocycles. The van der Waals surface area contributed by atoms with E-state index in [2.05, 4.69) is 160 Å². The van der Waals surface area contributed by atoms with E-state index in [9.17, 15) is 0 Å². The molecule has 5 bridgehead atoms. The van der Waals surface area contributed by atoms with Crippen molar-refractivity contribution in [1.82, 2.24) is 4.48 Å². The largest absolute Gasteiger partial charge is 0.375 e. The predicted molar refractivity (Wildman–Crippen MR) is 297 cm³/mol. The van der Waals surface area contributed by atoms with Crippen molar-refractivity contribution >= 4 is 78.2 Å². The van der Waals surface area contributed by atoms with Crippen LogP contribution in [-0.2, 0) is 21.7 Å². The van der Waals surface area contributed by atoms with Crippen molar-refractivity contribution in [2.45, 2.75) is 153 Å². The molecule has 8 aliphatic rings. The van der Waals surface area contributed by atoms with Crippen LogP contribution in [0.3, 0.4) is 0 Å². The first kappa shape index (κ1) is 41.4. The Morgan fingerprint density at radius 3 is 2.09 bits per heavy atom. The summed E-state index contributed by atoms with van der Waals surface area (Å²) in [5.41, 5.74) is 21.3. The van der Waals surface area contributed by atoms with E-state index in [0.29, 0.717) is 0 Å². The lowest BCUT2D eigenvalue weighted by Crippen LogP contribution is -2.57. The molecular weight excluding hydrogens is 844 g/mol. The van der Waals surface area contributed by atoms with E-state index >= 15 is 0 Å². The van der Waals surface area contributed by atoms with Crippen LogP contribution in [-0.4, -0.2) is 11.3 Å². The molecule has 0 N–H and O–H groups in total. The molecule has 0 radical (unpaired) electrons. The van der Waals surface area contributed by atoms with E-state index in [1.165, 1.54) is 189 Å². The van der Waals surface area contributed by atoms with Crippen molar-refractivity contribution in [1.29, 1.82) is 0 Å². The molecule has 3 heteroatoms. The van der Waals surface area contributed by atoms with Gasteiger partial charge in [-0.2, -0.15) is 0 Å². The second kappa shape index (κ2) is 13.8. The van der Waals surface area contributed by atoms with Crippen LogP contribution in [0.15, 0.2) is 109 Å². The smallest absolute Gasteiger partial charge is 0.333 e. The molecule has 0 saturated heterocycles. The molecule has 7 aromatic carbocycles. The maximum absolute atomic E-state index is 2.91. The summed E-state index contributed by atoms with van der Waals surface area (Å²) in [5, 5.41) is 8.47. The first-order valence-corrected chi connectivity index (χ1v) is 28.1. The summed E-state index contributed by atoms with van der Waals surface area (Å²) in [6.07, 6.45) is 19.2. The summed E-state index contributed by atoms with van der Waals surface area (Å²) in [6, 6.07) is 45.3. The zero-order valence-corrected chi connectivity index (χ0v) is 42.7. The van der Waals surface area contributed by atoms with E-state index < -0.39 is 0 Å². The quantitative estimate of drug-likeness (QED) is 0.160. The monoisotopic (exact) mass is 913 g/mol. The Morgan fingerprint density at radius 2 is 1.29 bits per heavy atom. The minimum atomic E-state index is 0.00857. The molecule has 0 spiro atoms. The molecule has 2 nitrogen and oxygen atoms in total. The number of rotatable bonds is 4. The first-order chi connectivity index (χ1) is 33.9. The average molecular weight is 913 g/mol. The van der Waals surface area contributed by atoms with Crippen LogP contribution in [0.2, 0.25) is 0 Å². The predicted octanol–water partition coefficient (Wildman–Crippen LogP) is 16.5. The number of fused-ring (bicyclic) bond motifs is 16. The van der Waals surface area contributed by atoms with Crippen LogP contribution in [0.1, 0.15) is 152 Å². The Morgan fingerprint density at radius 1 is 0.557 bits per heavy atom. The number of aromatic nitrogens is 1. The molecule has 70 heavy (non-hydrogen) atoms. The summed E-state index contributed by atoms with van der Waals surface area (Å²) < 4.78 is 2.91. The Kier molecular flexibility index (Phi) is 8.16. The summed E-state index contributed by atoms with van der Waals surface area (Å²) >= 11 is 0. The van der Waals surface area contributed by atoms with Gasteiger partial charge in [-0.1, -0.05) is 114 Å². The van der Waals surface area contributed by atoms with Gasteiger partial charge in [0.05, 0.1) is 0 Å². The van der Waals surface area contributed by atoms with Crippen molar-refractivity contribution in [3.05, 3.63) is 137 Å². The highest BCUT2D eigenvalue weighted by molar-refractivity contribution is 6.92. The molecule has 5 fully saturated rings. The minimum absolute atomic E-state index is 0.00857. The highest BCUT2D eigenvalue weighted by Crippen LogP contribution is 2.63. The van der Waals surface area contributed by atoms with Gasteiger partial charge >= 0.3 is 6.85 Å². The lowest BCUT2D eigenvalue weighted by Gasteiger charge is -2.46. The van der Waals surface area contributed by atoms with Crippen LogP contribution < -0.4 is 15.8 Å². The van der Waals surface area contributed by atoms with Gasteiger partial charge in [-0.3, -0.25) is 0 Å². The number of benzene rings is 7. The number of hydrogen-bond acceptors (Lipinski definition) is 1. The first-order valence-electron chi connectivity index (χ1n) is 28.1. The number of anilines is 3. The SMILES string of the molecule is CCC1(c2ccc3c(c2)c2cc(C45CCC6CC(CC6C4)C5)cc4c2n3B2c3c(cc5ccccc5c3-4)N(c3cc4c(cc3C)C(C)(C)CCC4(C)C)c3ccc4ccccc4c32)CC2CCC(C2)C1. The fourth-order valence-electron chi connectivity index (χ4n) is 18.6. The molecule has 6 unspecified atom stereocenters. The Bertz CT molecular complexity index is 3610. The third-order valence-corrected chi connectivity index (χ3v) is 22.1. The molecule has 8 aromatic rings. The van der Waals surface area contributed by atoms with E-state index in [4.69, 9.17) is 0 Å². The highest BCUT2D eigenvalue weighted by atomic mass is 15.2. The summed E-state index contributed by atoms with van der Waals surface area (Å²) in [7, 11) is 0. The molecular formula is C67H69BN2. The minimum Gasteiger partial charge on any atom is -0.375 e. The maximum Gasteiger partial charge on any atom is 0.333 e. The number of aryl methyl sites for hydroxylation is 1. The Labute approximate surface area is 416 Å². The van der Waals surface area contributed by atoms with Crippen LogP contribution in [0, 0.1) is 36.5 Å². The van der Waals surface area contributed by atoms with E-state index in [1.54, 1.807) is 11.1 Å². The molecule has 1 aromatic heterocycles. The Balaban J connectivity index is 1.05. The van der Waals surface area contributed by atoms with Crippen LogP contribution >= 0.6 is 0 Å². The van der Waals surface area contributed by atoms with Gasteiger partial charge in [0.2, 0.25) is 0 Å². The summed E-state index contributed by atoms with van der Waals surface area (Å²) in [6.45, 7) is 14.9. The zero-order valence-electron chi connectivity index (χ0n) is 42.7. The van der Waals surface area contributed by atoms with Gasteiger partial charge in [-0.25, -0.2) is 0 Å². The van der Waals surface area contributed by atoms with Crippen molar-refractivity contribution in [3.8, 4) is 11.1 Å². The normalized spacial score (nSPS) is 29.3. The third-order valence-electron chi connectivity index (χ3n) is 22.1. The summed E-state index contributed by atoms with van der Waals surface area (Å²) in [5.74, 6) is 4.53. The standard InChI is InChI=1S/C67H69BN2/c1-7-66(35-40-16-17-41(27-40)36-66)47-19-21-56-51(31-47)52-32-48(67-23-22-44-28-42(37-67)29-46(44)38-67)33-53-60-49-14-10-9-13-45(49)30-59-62(60)68(70(56)63(52)53)61-50-15-11-8-12-43(50)18-20-57(61)69(59)58-34-55-54(26-39(58)2)64(3,4)24-25-65(55,5)6/h8-15,18-21,26,30-34,40-42,44,46H,7,16-17,22-25,27-29,35-38H2,1-6H3. The van der Waals surface area contributed by atoms with E-state index in [-0.39, 0.29) is 28.5 Å². The van der Waals surface area contributed by atoms with Gasteiger partial charge in [0.1, 0.15) is 0 Å². The fraction of sp³-hybridized carbons (Fsp3) is 0.433. The molecule has 6 atom stereocenters. The lowest BCUT2D eigenvalue weighted by molar-refractivity contribution is 0.139. The van der Waals surface area contributed by atoms with E-state index in [1.807, 2.05) is 0 Å². The van der Waals surface area contributed by atoms with Crippen molar-refractivity contribution in [2.24, 2.45) is 29.6 Å². The number of hydrogen-bond donors (Lipinski definition) is 0. The lowest BCUT2D eigenvalue weighted by atomic mass is 9.44. The fourth-order valence-corrected chi connectivity index (χ4v) is 18.6. The third kappa shape index (κ3) is 5.33. The van der Waals surface area contributed by atoms with Crippen molar-refractivity contribution in [3.63, 3.8) is 0 Å². The maximum atomic E-state index is 2.91. The molecule has 0 amide bonds. The van der Waals surface area contributed by atoms with Crippen molar-refractivity contribution < 1.29 is 0 Å². The highest BCUT2D eigenvalue weighted by Gasteiger charge is 2.54. The van der Waals surface area contributed by atoms with Gasteiger partial charge < -0.3 is 9.38 Å². The zero-order chi connectivity index (χ0) is 46.8. The van der Waals surface area contributed by atoms with Gasteiger partial charge in [0.25, 0.3) is 0 Å². The van der Waals surface area contributed by atoms with Gasteiger partial charge in [-0.05, 0) is 244 Å². The molecule has 2 aliphatic heterocycles. The molecule has 3 heterocycles. The van der Waals surface area contributed by atoms with Gasteiger partial charge in [0, 0.05) is 44.4 Å². The van der Waals surface area contributed by atoms with E-state index in [0.717, 1.165) is 29.6 Å². The van der Waals surface area contributed by atoms with Crippen molar-refractivity contribution in [2.75, 3.05) is 4.90 Å². The molecule has 350 valence electrons. The topological polar surface area (TPSA) is 8.17 Å². The Hall–Kier alpha value is -5.28. The van der Waals surface area contributed by atoms with Crippen LogP contribution in [0.5, 0.6) is 0 Å². The number of nitrogens with zero attached hydrogens (tertiary/aromatic N) is 2. The molecule has 5 saturated carbocycles.